The number of thiocarbonyl (C=S) groups is 1. The monoisotopic (exact) mass is 331 g/mol. The Morgan fingerprint density at radius 1 is 1.48 bits per heavy atom. The molecule has 1 aromatic carbocycles. The van der Waals surface area contributed by atoms with E-state index in [0.717, 1.165) is 12.8 Å². The minimum absolute atomic E-state index is 0.209. The van der Waals surface area contributed by atoms with Crippen LogP contribution in [0, 0.1) is 23.2 Å². The maximum Gasteiger partial charge on any atom is 0.246 e. The maximum atomic E-state index is 12.5. The van der Waals surface area contributed by atoms with Crippen molar-refractivity contribution in [3.05, 3.63) is 24.3 Å². The van der Waals surface area contributed by atoms with Gasteiger partial charge in [-0.2, -0.15) is 5.26 Å². The number of methoxy groups -OCH3 is 1. The molecule has 0 saturated carbocycles. The highest BCUT2D eigenvalue weighted by Crippen LogP contribution is 2.20. The molecule has 1 atom stereocenters. The van der Waals surface area contributed by atoms with Gasteiger partial charge in [0.25, 0.3) is 0 Å². The molecule has 1 aromatic rings. The van der Waals surface area contributed by atoms with Gasteiger partial charge in [0.2, 0.25) is 5.91 Å². The van der Waals surface area contributed by atoms with Crippen molar-refractivity contribution in [2.45, 2.75) is 19.8 Å². The van der Waals surface area contributed by atoms with Gasteiger partial charge in [-0.25, -0.2) is 0 Å². The molecule has 0 aromatic heterocycles. The largest absolute Gasteiger partial charge is 0.497 e. The summed E-state index contributed by atoms with van der Waals surface area (Å²) in [4.78, 5) is 14.5. The van der Waals surface area contributed by atoms with Crippen LogP contribution in [0.5, 0.6) is 5.75 Å². The summed E-state index contributed by atoms with van der Waals surface area (Å²) in [5.74, 6) is 0.147. The van der Waals surface area contributed by atoms with Crippen LogP contribution in [0.3, 0.4) is 0 Å². The summed E-state index contributed by atoms with van der Waals surface area (Å²) in [5, 5.41) is 12.4. The molecule has 0 bridgehead atoms. The number of nitrogens with zero attached hydrogens (tertiary/aromatic N) is 2. The van der Waals surface area contributed by atoms with Crippen molar-refractivity contribution in [3.63, 3.8) is 0 Å². The third kappa shape index (κ3) is 4.42. The number of amides is 1. The van der Waals surface area contributed by atoms with Gasteiger partial charge < -0.3 is 15.0 Å². The van der Waals surface area contributed by atoms with E-state index in [2.05, 4.69) is 12.2 Å². The van der Waals surface area contributed by atoms with E-state index in [-0.39, 0.29) is 10.9 Å². The van der Waals surface area contributed by atoms with Gasteiger partial charge in [-0.05, 0) is 30.9 Å². The molecular formula is C17H21N3O2S. The van der Waals surface area contributed by atoms with Crippen molar-refractivity contribution in [1.29, 1.82) is 5.26 Å². The fourth-order valence-corrected chi connectivity index (χ4v) is 2.82. The summed E-state index contributed by atoms with van der Waals surface area (Å²) >= 11 is 5.28. The summed E-state index contributed by atoms with van der Waals surface area (Å²) in [7, 11) is 1.58. The van der Waals surface area contributed by atoms with Crippen molar-refractivity contribution in [2.24, 2.45) is 11.8 Å². The van der Waals surface area contributed by atoms with Crippen LogP contribution in [0.2, 0.25) is 0 Å². The lowest BCUT2D eigenvalue weighted by atomic mass is 9.98. The minimum atomic E-state index is -0.954. The third-order valence-electron chi connectivity index (χ3n) is 4.07. The second-order valence-electron chi connectivity index (χ2n) is 5.79. The molecule has 1 heterocycles. The van der Waals surface area contributed by atoms with Crippen LogP contribution in [0.25, 0.3) is 0 Å². The summed E-state index contributed by atoms with van der Waals surface area (Å²) in [6.07, 6.45) is 1.94. The first-order valence-electron chi connectivity index (χ1n) is 7.68. The predicted molar refractivity (Wildman–Crippen MR) is 93.3 cm³/mol. The Labute approximate surface area is 142 Å². The van der Waals surface area contributed by atoms with E-state index in [1.807, 2.05) is 24.3 Å². The van der Waals surface area contributed by atoms with Gasteiger partial charge in [0.05, 0.1) is 13.2 Å². The van der Waals surface area contributed by atoms with E-state index < -0.39 is 5.92 Å². The highest BCUT2D eigenvalue weighted by molar-refractivity contribution is 7.80. The Kier molecular flexibility index (Phi) is 5.94. The lowest BCUT2D eigenvalue weighted by Crippen LogP contribution is -2.44. The standard InChI is InChI=1S/C17H21N3O2S/c1-12-6-8-20(9-7-12)17(21)15(11-18)16(23)19-13-4-3-5-14(10-13)22-2/h3-5,10,12,15H,6-9H2,1-2H3,(H,19,23). The first-order chi connectivity index (χ1) is 11.0. The number of hydrogen-bond donors (Lipinski definition) is 1. The fraction of sp³-hybridized carbons (Fsp3) is 0.471. The topological polar surface area (TPSA) is 65.4 Å². The lowest BCUT2D eigenvalue weighted by molar-refractivity contribution is -0.133. The molecule has 122 valence electrons. The number of anilines is 1. The summed E-state index contributed by atoms with van der Waals surface area (Å²) in [6, 6.07) is 9.25. The first-order valence-corrected chi connectivity index (χ1v) is 8.09. The zero-order valence-electron chi connectivity index (χ0n) is 13.4. The highest BCUT2D eigenvalue weighted by Gasteiger charge is 2.30. The van der Waals surface area contributed by atoms with E-state index in [1.165, 1.54) is 0 Å². The van der Waals surface area contributed by atoms with Crippen LogP contribution in [0.4, 0.5) is 5.69 Å². The van der Waals surface area contributed by atoms with Crippen LogP contribution in [0.1, 0.15) is 19.8 Å². The van der Waals surface area contributed by atoms with Crippen LogP contribution in [-0.2, 0) is 4.79 Å². The Hall–Kier alpha value is -2.13. The van der Waals surface area contributed by atoms with Gasteiger partial charge in [0.1, 0.15) is 10.7 Å². The average Bonchev–Trinajstić information content (AvgIpc) is 2.56. The lowest BCUT2D eigenvalue weighted by Gasteiger charge is -2.31. The van der Waals surface area contributed by atoms with Crippen LogP contribution in [-0.4, -0.2) is 36.0 Å². The van der Waals surface area contributed by atoms with E-state index in [9.17, 15) is 10.1 Å². The Balaban J connectivity index is 2.03. The summed E-state index contributed by atoms with van der Waals surface area (Å²) in [5.41, 5.74) is 0.703. The molecule has 5 nitrogen and oxygen atoms in total. The smallest absolute Gasteiger partial charge is 0.246 e. The van der Waals surface area contributed by atoms with E-state index >= 15 is 0 Å². The minimum Gasteiger partial charge on any atom is -0.497 e. The van der Waals surface area contributed by atoms with Gasteiger partial charge >= 0.3 is 0 Å². The number of nitriles is 1. The number of nitrogens with one attached hydrogen (secondary N) is 1. The third-order valence-corrected chi connectivity index (χ3v) is 4.41. The van der Waals surface area contributed by atoms with E-state index in [4.69, 9.17) is 17.0 Å². The quantitative estimate of drug-likeness (QED) is 0.860. The maximum absolute atomic E-state index is 12.5. The van der Waals surface area contributed by atoms with Crippen molar-refractivity contribution >= 4 is 28.8 Å². The molecule has 0 aliphatic carbocycles. The van der Waals surface area contributed by atoms with Crippen molar-refractivity contribution in [3.8, 4) is 11.8 Å². The number of ether oxygens (including phenoxy) is 1. The number of likely N-dealkylation sites (tertiary alicyclic amines) is 1. The van der Waals surface area contributed by atoms with Crippen molar-refractivity contribution in [2.75, 3.05) is 25.5 Å². The summed E-state index contributed by atoms with van der Waals surface area (Å²) in [6.45, 7) is 3.57. The second-order valence-corrected chi connectivity index (χ2v) is 6.23. The van der Waals surface area contributed by atoms with Gasteiger partial charge in [-0.1, -0.05) is 25.2 Å². The Morgan fingerprint density at radius 2 is 2.17 bits per heavy atom. The number of benzene rings is 1. The molecule has 1 N–H and O–H groups in total. The van der Waals surface area contributed by atoms with Gasteiger partial charge in [-0.3, -0.25) is 4.79 Å². The van der Waals surface area contributed by atoms with Crippen LogP contribution < -0.4 is 10.1 Å². The molecular weight excluding hydrogens is 310 g/mol. The Morgan fingerprint density at radius 3 is 2.78 bits per heavy atom. The van der Waals surface area contributed by atoms with Gasteiger partial charge in [-0.15, -0.1) is 0 Å². The predicted octanol–water partition coefficient (Wildman–Crippen LogP) is 2.83. The number of carbonyl (C=O) groups is 1. The molecule has 0 spiro atoms. The van der Waals surface area contributed by atoms with E-state index in [0.29, 0.717) is 30.4 Å². The first kappa shape index (κ1) is 17.2. The normalized spacial score (nSPS) is 16.3. The Bertz CT molecular complexity index is 619. The van der Waals surface area contributed by atoms with Crippen molar-refractivity contribution in [1.82, 2.24) is 4.90 Å². The van der Waals surface area contributed by atoms with Crippen LogP contribution in [0.15, 0.2) is 24.3 Å². The second kappa shape index (κ2) is 7.93. The molecule has 23 heavy (non-hydrogen) atoms. The highest BCUT2D eigenvalue weighted by atomic mass is 32.1. The van der Waals surface area contributed by atoms with E-state index in [1.54, 1.807) is 18.1 Å². The molecule has 1 aliphatic rings. The number of carbonyl (C=O) groups excluding carboxylic acids is 1. The van der Waals surface area contributed by atoms with Gasteiger partial charge in [0, 0.05) is 24.8 Å². The van der Waals surface area contributed by atoms with Crippen molar-refractivity contribution < 1.29 is 9.53 Å². The molecule has 1 unspecified atom stereocenters. The number of rotatable bonds is 4. The number of piperidine rings is 1. The van der Waals surface area contributed by atoms with Gasteiger partial charge in [0.15, 0.2) is 5.92 Å². The molecule has 1 amide bonds. The molecule has 0 radical (unpaired) electrons. The number of hydrogen-bond acceptors (Lipinski definition) is 4. The SMILES string of the molecule is COc1cccc(NC(=S)C(C#N)C(=O)N2CCC(C)CC2)c1. The van der Waals surface area contributed by atoms with Crippen LogP contribution >= 0.6 is 12.2 Å². The molecule has 1 saturated heterocycles. The summed E-state index contributed by atoms with van der Waals surface area (Å²) < 4.78 is 5.15. The molecule has 1 aliphatic heterocycles. The zero-order valence-corrected chi connectivity index (χ0v) is 14.2. The average molecular weight is 331 g/mol. The molecule has 6 heteroatoms. The molecule has 2 rings (SSSR count). The fourth-order valence-electron chi connectivity index (χ4n) is 2.55. The zero-order chi connectivity index (χ0) is 16.8. The molecule has 1 fully saturated rings.